The molecular weight excluding hydrogens is 178 g/mol. The largest absolute Gasteiger partial charge is 0.497 e. The second-order valence-electron chi connectivity index (χ2n) is 3.44. The topological polar surface area (TPSA) is 30.5 Å². The first-order valence-corrected chi connectivity index (χ1v) is 4.84. The van der Waals surface area contributed by atoms with Crippen molar-refractivity contribution in [2.45, 2.75) is 12.7 Å². The number of benzene rings is 1. The van der Waals surface area contributed by atoms with Gasteiger partial charge >= 0.3 is 0 Å². The average Bonchev–Trinajstić information content (AvgIpc) is 2.16. The lowest BCUT2D eigenvalue weighted by molar-refractivity contribution is 0.00757. The Morgan fingerprint density at radius 2 is 2.00 bits per heavy atom. The maximum Gasteiger partial charge on any atom is 0.118 e. The van der Waals surface area contributed by atoms with Gasteiger partial charge in [0.25, 0.3) is 0 Å². The van der Waals surface area contributed by atoms with E-state index in [1.807, 2.05) is 24.3 Å². The molecule has 1 aromatic carbocycles. The zero-order valence-electron chi connectivity index (χ0n) is 8.32. The molecule has 3 nitrogen and oxygen atoms in total. The number of rotatable bonds is 4. The quantitative estimate of drug-likeness (QED) is 0.779. The van der Waals surface area contributed by atoms with Gasteiger partial charge in [-0.05, 0) is 17.7 Å². The summed E-state index contributed by atoms with van der Waals surface area (Å²) in [5.41, 5.74) is 1.19. The molecular formula is C11H15NO2. The van der Waals surface area contributed by atoms with E-state index >= 15 is 0 Å². The van der Waals surface area contributed by atoms with E-state index in [2.05, 4.69) is 5.32 Å². The van der Waals surface area contributed by atoms with Gasteiger partial charge in [0.05, 0.1) is 19.8 Å². The van der Waals surface area contributed by atoms with E-state index in [1.54, 1.807) is 7.11 Å². The Morgan fingerprint density at radius 3 is 2.50 bits per heavy atom. The number of hydrogen-bond donors (Lipinski definition) is 1. The van der Waals surface area contributed by atoms with E-state index in [0.717, 1.165) is 18.8 Å². The van der Waals surface area contributed by atoms with Crippen LogP contribution in [0, 0.1) is 0 Å². The molecule has 0 atom stereocenters. The van der Waals surface area contributed by atoms with Gasteiger partial charge in [0.2, 0.25) is 0 Å². The van der Waals surface area contributed by atoms with Gasteiger partial charge in [0.1, 0.15) is 5.75 Å². The number of ether oxygens (including phenoxy) is 2. The van der Waals surface area contributed by atoms with E-state index in [-0.39, 0.29) is 0 Å². The molecule has 0 unspecified atom stereocenters. The maximum absolute atomic E-state index is 5.63. The summed E-state index contributed by atoms with van der Waals surface area (Å²) >= 11 is 0. The molecule has 1 heterocycles. The highest BCUT2D eigenvalue weighted by molar-refractivity contribution is 5.26. The maximum atomic E-state index is 5.63. The summed E-state index contributed by atoms with van der Waals surface area (Å²) in [7, 11) is 1.67. The summed E-state index contributed by atoms with van der Waals surface area (Å²) in [4.78, 5) is 0. The molecule has 0 saturated carbocycles. The van der Waals surface area contributed by atoms with Gasteiger partial charge in [-0.15, -0.1) is 0 Å². The zero-order chi connectivity index (χ0) is 9.80. The van der Waals surface area contributed by atoms with Gasteiger partial charge in [-0.25, -0.2) is 0 Å². The normalized spacial score (nSPS) is 16.4. The molecule has 1 aliphatic rings. The van der Waals surface area contributed by atoms with Crippen molar-refractivity contribution in [1.29, 1.82) is 0 Å². The smallest absolute Gasteiger partial charge is 0.118 e. The van der Waals surface area contributed by atoms with E-state index in [1.165, 1.54) is 5.56 Å². The fraction of sp³-hybridized carbons (Fsp3) is 0.455. The third-order valence-corrected chi connectivity index (χ3v) is 2.39. The van der Waals surface area contributed by atoms with E-state index in [0.29, 0.717) is 12.7 Å². The number of nitrogens with one attached hydrogen (secondary N) is 1. The average molecular weight is 193 g/mol. The molecule has 0 aliphatic carbocycles. The predicted molar refractivity (Wildman–Crippen MR) is 54.4 cm³/mol. The van der Waals surface area contributed by atoms with Gasteiger partial charge in [-0.2, -0.15) is 0 Å². The Bertz CT molecular complexity index is 280. The van der Waals surface area contributed by atoms with Gasteiger partial charge in [0, 0.05) is 13.1 Å². The third kappa shape index (κ3) is 2.25. The van der Waals surface area contributed by atoms with Crippen LogP contribution in [0.2, 0.25) is 0 Å². The van der Waals surface area contributed by atoms with Crippen molar-refractivity contribution in [1.82, 2.24) is 5.32 Å². The Kier molecular flexibility index (Phi) is 3.01. The van der Waals surface area contributed by atoms with Crippen LogP contribution in [-0.2, 0) is 11.3 Å². The lowest BCUT2D eigenvalue weighted by Crippen LogP contribution is -2.48. The van der Waals surface area contributed by atoms with Crippen molar-refractivity contribution < 1.29 is 9.47 Å². The fourth-order valence-corrected chi connectivity index (χ4v) is 1.32. The zero-order valence-corrected chi connectivity index (χ0v) is 8.32. The molecule has 0 spiro atoms. The monoisotopic (exact) mass is 193 g/mol. The lowest BCUT2D eigenvalue weighted by Gasteiger charge is -2.27. The van der Waals surface area contributed by atoms with E-state index in [9.17, 15) is 0 Å². The first-order chi connectivity index (χ1) is 6.88. The minimum absolute atomic E-state index is 0.400. The third-order valence-electron chi connectivity index (χ3n) is 2.39. The Labute approximate surface area is 84.0 Å². The predicted octanol–water partition coefficient (Wildman–Crippen LogP) is 1.18. The van der Waals surface area contributed by atoms with Crippen LogP contribution in [0.4, 0.5) is 0 Å². The molecule has 1 fully saturated rings. The van der Waals surface area contributed by atoms with Crippen molar-refractivity contribution >= 4 is 0 Å². The van der Waals surface area contributed by atoms with Crippen LogP contribution in [0.25, 0.3) is 0 Å². The number of methoxy groups -OCH3 is 1. The number of hydrogen-bond acceptors (Lipinski definition) is 3. The molecule has 1 aliphatic heterocycles. The van der Waals surface area contributed by atoms with Crippen LogP contribution in [0.1, 0.15) is 5.56 Å². The summed E-state index contributed by atoms with van der Waals surface area (Å²) < 4.78 is 10.7. The summed E-state index contributed by atoms with van der Waals surface area (Å²) in [6.45, 7) is 2.66. The van der Waals surface area contributed by atoms with Crippen molar-refractivity contribution in [2.75, 3.05) is 20.2 Å². The molecule has 14 heavy (non-hydrogen) atoms. The fourth-order valence-electron chi connectivity index (χ4n) is 1.32. The molecule has 3 heteroatoms. The van der Waals surface area contributed by atoms with Crippen LogP contribution >= 0.6 is 0 Å². The van der Waals surface area contributed by atoms with Gasteiger partial charge in [-0.3, -0.25) is 0 Å². The SMILES string of the molecule is COc1ccc(COC2CNC2)cc1. The highest BCUT2D eigenvalue weighted by Crippen LogP contribution is 2.13. The van der Waals surface area contributed by atoms with Crippen molar-refractivity contribution in [3.8, 4) is 5.75 Å². The Morgan fingerprint density at radius 1 is 1.29 bits per heavy atom. The van der Waals surface area contributed by atoms with Crippen LogP contribution in [-0.4, -0.2) is 26.3 Å². The van der Waals surface area contributed by atoms with Crippen LogP contribution in [0.3, 0.4) is 0 Å². The van der Waals surface area contributed by atoms with Crippen molar-refractivity contribution in [2.24, 2.45) is 0 Å². The first kappa shape index (κ1) is 9.49. The molecule has 76 valence electrons. The Hall–Kier alpha value is -1.06. The molecule has 0 bridgehead atoms. The first-order valence-electron chi connectivity index (χ1n) is 4.84. The summed E-state index contributed by atoms with van der Waals surface area (Å²) in [6.07, 6.45) is 0.400. The van der Waals surface area contributed by atoms with Gasteiger partial charge in [-0.1, -0.05) is 12.1 Å². The molecule has 0 radical (unpaired) electrons. The summed E-state index contributed by atoms with van der Waals surface area (Å²) in [5.74, 6) is 0.888. The van der Waals surface area contributed by atoms with Crippen LogP contribution < -0.4 is 10.1 Å². The molecule has 0 amide bonds. The molecule has 1 saturated heterocycles. The molecule has 0 aromatic heterocycles. The van der Waals surface area contributed by atoms with Gasteiger partial charge in [0.15, 0.2) is 0 Å². The van der Waals surface area contributed by atoms with Gasteiger partial charge < -0.3 is 14.8 Å². The Balaban J connectivity index is 1.83. The minimum Gasteiger partial charge on any atom is -0.497 e. The molecule has 1 aromatic rings. The van der Waals surface area contributed by atoms with Crippen molar-refractivity contribution in [3.63, 3.8) is 0 Å². The van der Waals surface area contributed by atoms with Crippen molar-refractivity contribution in [3.05, 3.63) is 29.8 Å². The lowest BCUT2D eigenvalue weighted by atomic mass is 10.2. The van der Waals surface area contributed by atoms with E-state index in [4.69, 9.17) is 9.47 Å². The summed E-state index contributed by atoms with van der Waals surface area (Å²) in [6, 6.07) is 7.98. The second kappa shape index (κ2) is 4.44. The van der Waals surface area contributed by atoms with Crippen LogP contribution in [0.15, 0.2) is 24.3 Å². The second-order valence-corrected chi connectivity index (χ2v) is 3.44. The molecule has 1 N–H and O–H groups in total. The molecule has 2 rings (SSSR count). The summed E-state index contributed by atoms with van der Waals surface area (Å²) in [5, 5.41) is 3.17. The highest BCUT2D eigenvalue weighted by atomic mass is 16.5. The highest BCUT2D eigenvalue weighted by Gasteiger charge is 2.16. The van der Waals surface area contributed by atoms with Crippen LogP contribution in [0.5, 0.6) is 5.75 Å². The minimum atomic E-state index is 0.400. The van der Waals surface area contributed by atoms with E-state index < -0.39 is 0 Å². The standard InChI is InChI=1S/C11H15NO2/c1-13-10-4-2-9(3-5-10)8-14-11-6-12-7-11/h2-5,11-12H,6-8H2,1H3.